The number of carbonyl (C=O) groups is 1. The van der Waals surface area contributed by atoms with E-state index in [-0.39, 0.29) is 24.8 Å². The van der Waals surface area contributed by atoms with Crippen LogP contribution in [0.25, 0.3) is 0 Å². The van der Waals surface area contributed by atoms with Gasteiger partial charge in [-0.25, -0.2) is 4.68 Å². The lowest BCUT2D eigenvalue weighted by Crippen LogP contribution is -2.33. The zero-order valence-electron chi connectivity index (χ0n) is 13.5. The molecule has 24 heavy (non-hydrogen) atoms. The zero-order valence-corrected chi connectivity index (χ0v) is 13.5. The van der Waals surface area contributed by atoms with Crippen molar-refractivity contribution in [3.8, 4) is 11.5 Å². The summed E-state index contributed by atoms with van der Waals surface area (Å²) in [6, 6.07) is 6.91. The van der Waals surface area contributed by atoms with Gasteiger partial charge in [0.1, 0.15) is 6.54 Å². The molecule has 2 aromatic rings. The van der Waals surface area contributed by atoms with Crippen molar-refractivity contribution in [3.63, 3.8) is 0 Å². The second-order valence-electron chi connectivity index (χ2n) is 5.57. The number of carbonyl (C=O) groups excluding carboxylic acids is 1. The fraction of sp³-hybridized carbons (Fsp3) is 0.312. The number of rotatable bonds is 5. The standard InChI is InChI=1S/C16H18N4O4/c1-19(2)12-6-16(22)20(18-8-12)9-15(21)17-7-11-3-4-13-14(5-11)24-10-23-13/h3-6,8H,7,9-10H2,1-2H3,(H,17,21). The van der Waals surface area contributed by atoms with E-state index in [1.165, 1.54) is 6.07 Å². The Morgan fingerprint density at radius 1 is 1.29 bits per heavy atom. The van der Waals surface area contributed by atoms with Crippen molar-refractivity contribution in [2.24, 2.45) is 0 Å². The number of hydrogen-bond donors (Lipinski definition) is 1. The van der Waals surface area contributed by atoms with E-state index >= 15 is 0 Å². The molecule has 0 saturated carbocycles. The number of aromatic nitrogens is 2. The molecular weight excluding hydrogens is 312 g/mol. The van der Waals surface area contributed by atoms with E-state index in [1.54, 1.807) is 17.2 Å². The van der Waals surface area contributed by atoms with E-state index in [0.717, 1.165) is 10.2 Å². The molecule has 0 saturated heterocycles. The lowest BCUT2D eigenvalue weighted by Gasteiger charge is -2.12. The van der Waals surface area contributed by atoms with Crippen molar-refractivity contribution in [1.29, 1.82) is 0 Å². The predicted molar refractivity (Wildman–Crippen MR) is 87.2 cm³/mol. The Morgan fingerprint density at radius 3 is 2.83 bits per heavy atom. The van der Waals surface area contributed by atoms with Crippen molar-refractivity contribution in [2.75, 3.05) is 25.8 Å². The van der Waals surface area contributed by atoms with Crippen molar-refractivity contribution in [1.82, 2.24) is 15.1 Å². The van der Waals surface area contributed by atoms with E-state index in [1.807, 2.05) is 26.2 Å². The van der Waals surface area contributed by atoms with Gasteiger partial charge in [0.25, 0.3) is 5.56 Å². The molecule has 1 aliphatic heterocycles. The fourth-order valence-electron chi connectivity index (χ4n) is 2.23. The van der Waals surface area contributed by atoms with Crippen LogP contribution in [0.15, 0.2) is 35.3 Å². The molecule has 0 fully saturated rings. The van der Waals surface area contributed by atoms with Gasteiger partial charge < -0.3 is 19.7 Å². The third kappa shape index (κ3) is 3.48. The zero-order chi connectivity index (χ0) is 17.1. The normalized spacial score (nSPS) is 12.1. The van der Waals surface area contributed by atoms with E-state index in [0.29, 0.717) is 23.7 Å². The van der Waals surface area contributed by atoms with E-state index in [4.69, 9.17) is 9.47 Å². The third-order valence-corrected chi connectivity index (χ3v) is 3.59. The van der Waals surface area contributed by atoms with Crippen LogP contribution in [0.1, 0.15) is 5.56 Å². The second-order valence-corrected chi connectivity index (χ2v) is 5.57. The highest BCUT2D eigenvalue weighted by Crippen LogP contribution is 2.32. The molecule has 3 rings (SSSR count). The van der Waals surface area contributed by atoms with Crippen LogP contribution in [-0.2, 0) is 17.9 Å². The Kier molecular flexibility index (Phi) is 4.37. The van der Waals surface area contributed by atoms with Gasteiger partial charge in [-0.1, -0.05) is 6.07 Å². The van der Waals surface area contributed by atoms with Crippen LogP contribution >= 0.6 is 0 Å². The Bertz CT molecular complexity index is 816. The van der Waals surface area contributed by atoms with Crippen molar-refractivity contribution >= 4 is 11.6 Å². The maximum absolute atomic E-state index is 12.0. The molecule has 0 radical (unpaired) electrons. The molecule has 8 nitrogen and oxygen atoms in total. The number of amides is 1. The molecule has 1 amide bonds. The molecule has 126 valence electrons. The summed E-state index contributed by atoms with van der Waals surface area (Å²) in [4.78, 5) is 25.7. The van der Waals surface area contributed by atoms with Crippen LogP contribution in [0.5, 0.6) is 11.5 Å². The smallest absolute Gasteiger partial charge is 0.269 e. The first-order valence-corrected chi connectivity index (χ1v) is 7.42. The Balaban J connectivity index is 1.59. The van der Waals surface area contributed by atoms with Crippen LogP contribution < -0.4 is 25.2 Å². The minimum absolute atomic E-state index is 0.128. The quantitative estimate of drug-likeness (QED) is 0.852. The van der Waals surface area contributed by atoms with Crippen LogP contribution in [0.2, 0.25) is 0 Å². The maximum atomic E-state index is 12.0. The van der Waals surface area contributed by atoms with Crippen LogP contribution in [-0.4, -0.2) is 36.6 Å². The molecule has 0 unspecified atom stereocenters. The molecule has 0 atom stereocenters. The van der Waals surface area contributed by atoms with Gasteiger partial charge >= 0.3 is 0 Å². The number of nitrogens with zero attached hydrogens (tertiary/aromatic N) is 3. The SMILES string of the molecule is CN(C)c1cnn(CC(=O)NCc2ccc3c(c2)OCO3)c(=O)c1. The first-order valence-electron chi connectivity index (χ1n) is 7.42. The molecule has 2 heterocycles. The number of anilines is 1. The molecule has 0 bridgehead atoms. The van der Waals surface area contributed by atoms with Gasteiger partial charge in [0, 0.05) is 26.7 Å². The molecule has 1 aromatic heterocycles. The summed E-state index contributed by atoms with van der Waals surface area (Å²) in [6.07, 6.45) is 1.55. The summed E-state index contributed by atoms with van der Waals surface area (Å²) >= 11 is 0. The van der Waals surface area contributed by atoms with Crippen molar-refractivity contribution in [3.05, 3.63) is 46.4 Å². The minimum atomic E-state index is -0.320. The Morgan fingerprint density at radius 2 is 2.08 bits per heavy atom. The Labute approximate surface area is 138 Å². The van der Waals surface area contributed by atoms with Crippen LogP contribution in [0.3, 0.4) is 0 Å². The molecular formula is C16H18N4O4. The Hall–Kier alpha value is -3.03. The summed E-state index contributed by atoms with van der Waals surface area (Å²) in [6.45, 7) is 0.416. The lowest BCUT2D eigenvalue weighted by molar-refractivity contribution is -0.122. The summed E-state index contributed by atoms with van der Waals surface area (Å²) in [5.41, 5.74) is 1.26. The highest BCUT2D eigenvalue weighted by Gasteiger charge is 2.13. The molecule has 0 aliphatic carbocycles. The average molecular weight is 330 g/mol. The number of nitrogens with one attached hydrogen (secondary N) is 1. The number of benzene rings is 1. The largest absolute Gasteiger partial charge is 0.454 e. The van der Waals surface area contributed by atoms with E-state index < -0.39 is 0 Å². The molecule has 0 spiro atoms. The van der Waals surface area contributed by atoms with E-state index in [9.17, 15) is 9.59 Å². The van der Waals surface area contributed by atoms with Crippen LogP contribution in [0, 0.1) is 0 Å². The summed E-state index contributed by atoms with van der Waals surface area (Å²) in [7, 11) is 3.64. The topological polar surface area (TPSA) is 85.7 Å². The first-order chi connectivity index (χ1) is 11.5. The average Bonchev–Trinajstić information content (AvgIpc) is 3.02. The van der Waals surface area contributed by atoms with Crippen molar-refractivity contribution < 1.29 is 14.3 Å². The lowest BCUT2D eigenvalue weighted by atomic mass is 10.2. The second kappa shape index (κ2) is 6.61. The van der Waals surface area contributed by atoms with Gasteiger partial charge in [-0.15, -0.1) is 0 Å². The number of fused-ring (bicyclic) bond motifs is 1. The number of ether oxygens (including phenoxy) is 2. The van der Waals surface area contributed by atoms with E-state index in [2.05, 4.69) is 10.4 Å². The summed E-state index contributed by atoms with van der Waals surface area (Å²) < 4.78 is 11.7. The summed E-state index contributed by atoms with van der Waals surface area (Å²) in [5.74, 6) is 1.07. The first kappa shape index (κ1) is 15.9. The molecule has 8 heteroatoms. The van der Waals surface area contributed by atoms with Gasteiger partial charge in [0.2, 0.25) is 12.7 Å². The predicted octanol–water partition coefficient (Wildman–Crippen LogP) is 0.354. The van der Waals surface area contributed by atoms with Gasteiger partial charge in [-0.05, 0) is 17.7 Å². The molecule has 1 aromatic carbocycles. The summed E-state index contributed by atoms with van der Waals surface area (Å²) in [5, 5.41) is 6.76. The maximum Gasteiger partial charge on any atom is 0.269 e. The molecule has 1 N–H and O–H groups in total. The third-order valence-electron chi connectivity index (χ3n) is 3.59. The van der Waals surface area contributed by atoms with Crippen LogP contribution in [0.4, 0.5) is 5.69 Å². The highest BCUT2D eigenvalue weighted by molar-refractivity contribution is 5.75. The monoisotopic (exact) mass is 330 g/mol. The van der Waals surface area contributed by atoms with Gasteiger partial charge in [-0.3, -0.25) is 9.59 Å². The highest BCUT2D eigenvalue weighted by atomic mass is 16.7. The van der Waals surface area contributed by atoms with Crippen molar-refractivity contribution in [2.45, 2.75) is 13.1 Å². The van der Waals surface area contributed by atoms with Gasteiger partial charge in [-0.2, -0.15) is 5.10 Å². The number of hydrogen-bond acceptors (Lipinski definition) is 6. The van der Waals surface area contributed by atoms with Gasteiger partial charge in [0.05, 0.1) is 11.9 Å². The van der Waals surface area contributed by atoms with Gasteiger partial charge in [0.15, 0.2) is 11.5 Å². The fourth-order valence-corrected chi connectivity index (χ4v) is 2.23. The molecule has 1 aliphatic rings. The minimum Gasteiger partial charge on any atom is -0.454 e.